The third-order valence-electron chi connectivity index (χ3n) is 2.95. The number of carboxylic acids is 1. The van der Waals surface area contributed by atoms with Gasteiger partial charge in [0.25, 0.3) is 0 Å². The average molecular weight is 221 g/mol. The van der Waals surface area contributed by atoms with Gasteiger partial charge in [0, 0.05) is 19.3 Å². The van der Waals surface area contributed by atoms with Crippen LogP contribution in [-0.2, 0) is 4.79 Å². The zero-order valence-corrected chi connectivity index (χ0v) is 8.97. The topological polar surface area (TPSA) is 79.5 Å². The van der Waals surface area contributed by atoms with E-state index in [2.05, 4.69) is 9.88 Å². The van der Waals surface area contributed by atoms with Crippen molar-refractivity contribution in [3.05, 3.63) is 18.5 Å². The number of hydrogen-bond donors (Lipinski definition) is 2. The predicted molar refractivity (Wildman–Crippen MR) is 61.2 cm³/mol. The van der Waals surface area contributed by atoms with E-state index in [4.69, 9.17) is 10.8 Å². The van der Waals surface area contributed by atoms with Gasteiger partial charge in [-0.2, -0.15) is 0 Å². The summed E-state index contributed by atoms with van der Waals surface area (Å²) in [6, 6.07) is 1.87. The first-order chi connectivity index (χ1) is 7.66. The minimum absolute atomic E-state index is 0.203. The highest BCUT2D eigenvalue weighted by Crippen LogP contribution is 2.23. The number of piperidine rings is 1. The number of aromatic nitrogens is 1. The highest BCUT2D eigenvalue weighted by atomic mass is 16.4. The summed E-state index contributed by atoms with van der Waals surface area (Å²) in [6.45, 7) is 1.50. The molecule has 5 nitrogen and oxygen atoms in total. The lowest BCUT2D eigenvalue weighted by molar-refractivity contribution is -0.142. The van der Waals surface area contributed by atoms with Gasteiger partial charge in [0.15, 0.2) is 0 Å². The molecule has 2 heterocycles. The standard InChI is InChI=1S/C11H15N3O2/c12-9-5-10(7-13-6-9)14-3-1-8(2-4-14)11(15)16/h5-8H,1-4,12H2,(H,15,16). The normalized spacial score (nSPS) is 17.4. The Morgan fingerprint density at radius 2 is 2.12 bits per heavy atom. The van der Waals surface area contributed by atoms with E-state index in [0.29, 0.717) is 18.5 Å². The molecule has 0 aromatic carbocycles. The number of rotatable bonds is 2. The Hall–Kier alpha value is -1.78. The fourth-order valence-corrected chi connectivity index (χ4v) is 2.00. The van der Waals surface area contributed by atoms with E-state index >= 15 is 0 Å². The number of nitrogens with two attached hydrogens (primary N) is 1. The number of pyridine rings is 1. The number of aliphatic carboxylic acids is 1. The second-order valence-corrected chi connectivity index (χ2v) is 4.08. The Balaban J connectivity index is 2.01. The van der Waals surface area contributed by atoms with Gasteiger partial charge in [0.05, 0.1) is 23.5 Å². The Labute approximate surface area is 93.9 Å². The van der Waals surface area contributed by atoms with Crippen LogP contribution in [-0.4, -0.2) is 29.1 Å². The van der Waals surface area contributed by atoms with Crippen molar-refractivity contribution < 1.29 is 9.90 Å². The van der Waals surface area contributed by atoms with Crippen molar-refractivity contribution in [3.63, 3.8) is 0 Å². The molecule has 1 aromatic heterocycles. The molecule has 3 N–H and O–H groups in total. The van der Waals surface area contributed by atoms with E-state index in [-0.39, 0.29) is 5.92 Å². The van der Waals surface area contributed by atoms with Crippen LogP contribution >= 0.6 is 0 Å². The molecule has 16 heavy (non-hydrogen) atoms. The monoisotopic (exact) mass is 221 g/mol. The Morgan fingerprint density at radius 1 is 1.44 bits per heavy atom. The number of anilines is 2. The molecule has 0 radical (unpaired) electrons. The molecule has 0 unspecified atom stereocenters. The van der Waals surface area contributed by atoms with E-state index in [9.17, 15) is 4.79 Å². The molecule has 5 heteroatoms. The molecule has 2 rings (SSSR count). The van der Waals surface area contributed by atoms with Gasteiger partial charge in [-0.15, -0.1) is 0 Å². The second kappa shape index (κ2) is 4.38. The van der Waals surface area contributed by atoms with E-state index in [0.717, 1.165) is 18.8 Å². The quantitative estimate of drug-likeness (QED) is 0.777. The maximum atomic E-state index is 10.8. The summed E-state index contributed by atoms with van der Waals surface area (Å²) in [6.07, 6.45) is 4.74. The number of carboxylic acid groups (broad SMARTS) is 1. The molecular weight excluding hydrogens is 206 g/mol. The van der Waals surface area contributed by atoms with E-state index in [1.165, 1.54) is 0 Å². The van der Waals surface area contributed by atoms with Crippen LogP contribution in [0.15, 0.2) is 18.5 Å². The van der Waals surface area contributed by atoms with Crippen LogP contribution in [0.25, 0.3) is 0 Å². The van der Waals surface area contributed by atoms with Gasteiger partial charge in [-0.05, 0) is 18.9 Å². The minimum atomic E-state index is -0.689. The van der Waals surface area contributed by atoms with Gasteiger partial charge in [0.2, 0.25) is 0 Å². The molecule has 0 bridgehead atoms. The summed E-state index contributed by atoms with van der Waals surface area (Å²) in [5, 5.41) is 8.89. The third-order valence-corrected chi connectivity index (χ3v) is 2.95. The van der Waals surface area contributed by atoms with Crippen molar-refractivity contribution in [2.75, 3.05) is 23.7 Å². The van der Waals surface area contributed by atoms with Gasteiger partial charge < -0.3 is 15.7 Å². The summed E-state index contributed by atoms with van der Waals surface area (Å²) in [5.74, 6) is -0.893. The molecule has 1 aliphatic rings. The Morgan fingerprint density at radius 3 is 2.69 bits per heavy atom. The number of hydrogen-bond acceptors (Lipinski definition) is 4. The molecule has 1 aromatic rings. The lowest BCUT2D eigenvalue weighted by Crippen LogP contribution is -2.36. The number of nitrogens with zero attached hydrogens (tertiary/aromatic N) is 2. The molecular formula is C11H15N3O2. The molecule has 1 saturated heterocycles. The highest BCUT2D eigenvalue weighted by Gasteiger charge is 2.24. The molecule has 0 saturated carbocycles. The van der Waals surface area contributed by atoms with Gasteiger partial charge in [-0.25, -0.2) is 0 Å². The van der Waals surface area contributed by atoms with Gasteiger partial charge in [-0.1, -0.05) is 0 Å². The van der Waals surface area contributed by atoms with E-state index in [1.54, 1.807) is 12.4 Å². The first-order valence-corrected chi connectivity index (χ1v) is 5.35. The van der Waals surface area contributed by atoms with Crippen LogP contribution in [0.1, 0.15) is 12.8 Å². The predicted octanol–water partition coefficient (Wildman–Crippen LogP) is 0.965. The fourth-order valence-electron chi connectivity index (χ4n) is 2.00. The summed E-state index contributed by atoms with van der Waals surface area (Å²) in [4.78, 5) is 17.0. The zero-order chi connectivity index (χ0) is 11.5. The van der Waals surface area contributed by atoms with E-state index < -0.39 is 5.97 Å². The number of carbonyl (C=O) groups is 1. The summed E-state index contributed by atoms with van der Waals surface area (Å²) >= 11 is 0. The summed E-state index contributed by atoms with van der Waals surface area (Å²) < 4.78 is 0. The summed E-state index contributed by atoms with van der Waals surface area (Å²) in [7, 11) is 0. The van der Waals surface area contributed by atoms with Crippen molar-refractivity contribution in [2.24, 2.45) is 5.92 Å². The molecule has 0 atom stereocenters. The van der Waals surface area contributed by atoms with Crippen molar-refractivity contribution in [1.29, 1.82) is 0 Å². The molecule has 0 spiro atoms. The molecule has 1 fully saturated rings. The fraction of sp³-hybridized carbons (Fsp3) is 0.455. The van der Waals surface area contributed by atoms with Crippen molar-refractivity contribution in [3.8, 4) is 0 Å². The Kier molecular flexibility index (Phi) is 2.94. The maximum absolute atomic E-state index is 10.8. The van der Waals surface area contributed by atoms with E-state index in [1.807, 2.05) is 6.07 Å². The summed E-state index contributed by atoms with van der Waals surface area (Å²) in [5.41, 5.74) is 7.27. The van der Waals surface area contributed by atoms with Crippen LogP contribution in [0.5, 0.6) is 0 Å². The van der Waals surface area contributed by atoms with Gasteiger partial charge in [0.1, 0.15) is 0 Å². The lowest BCUT2D eigenvalue weighted by atomic mass is 9.97. The average Bonchev–Trinajstić information content (AvgIpc) is 2.29. The maximum Gasteiger partial charge on any atom is 0.306 e. The second-order valence-electron chi connectivity index (χ2n) is 4.08. The van der Waals surface area contributed by atoms with Gasteiger partial charge >= 0.3 is 5.97 Å². The molecule has 0 amide bonds. The van der Waals surface area contributed by atoms with Gasteiger partial charge in [-0.3, -0.25) is 9.78 Å². The van der Waals surface area contributed by atoms with Crippen LogP contribution in [0.3, 0.4) is 0 Å². The largest absolute Gasteiger partial charge is 0.481 e. The first-order valence-electron chi connectivity index (χ1n) is 5.35. The van der Waals surface area contributed by atoms with Crippen LogP contribution < -0.4 is 10.6 Å². The van der Waals surface area contributed by atoms with Crippen LogP contribution in [0.2, 0.25) is 0 Å². The molecule has 1 aliphatic heterocycles. The van der Waals surface area contributed by atoms with Crippen molar-refractivity contribution in [1.82, 2.24) is 4.98 Å². The van der Waals surface area contributed by atoms with Crippen molar-refractivity contribution >= 4 is 17.3 Å². The SMILES string of the molecule is Nc1cncc(N2CCC(C(=O)O)CC2)c1. The third kappa shape index (κ3) is 2.24. The van der Waals surface area contributed by atoms with Crippen LogP contribution in [0.4, 0.5) is 11.4 Å². The lowest BCUT2D eigenvalue weighted by Gasteiger charge is -2.31. The first kappa shape index (κ1) is 10.7. The number of nitrogen functional groups attached to an aromatic ring is 1. The minimum Gasteiger partial charge on any atom is -0.481 e. The smallest absolute Gasteiger partial charge is 0.306 e. The molecule has 0 aliphatic carbocycles. The highest BCUT2D eigenvalue weighted by molar-refractivity contribution is 5.70. The van der Waals surface area contributed by atoms with Crippen molar-refractivity contribution in [2.45, 2.75) is 12.8 Å². The Bertz CT molecular complexity index is 387. The zero-order valence-electron chi connectivity index (χ0n) is 8.97. The molecule has 86 valence electrons. The van der Waals surface area contributed by atoms with Crippen LogP contribution in [0, 0.1) is 5.92 Å².